The molecule has 1 aromatic heterocycles. The summed E-state index contributed by atoms with van der Waals surface area (Å²) in [4.78, 5) is 13.0. The lowest BCUT2D eigenvalue weighted by Crippen LogP contribution is -2.22. The fraction of sp³-hybridized carbons (Fsp3) is 0.606. The summed E-state index contributed by atoms with van der Waals surface area (Å²) in [6.45, 7) is 15.3. The summed E-state index contributed by atoms with van der Waals surface area (Å²) in [6.07, 6.45) is 15.9. The van der Waals surface area contributed by atoms with Crippen LogP contribution in [0.2, 0.25) is 0 Å². The van der Waals surface area contributed by atoms with Gasteiger partial charge in [0.25, 0.3) is 0 Å². The lowest BCUT2D eigenvalue weighted by molar-refractivity contribution is 0.131. The zero-order chi connectivity index (χ0) is 28.0. The Morgan fingerprint density at radius 1 is 0.895 bits per heavy atom. The Labute approximate surface area is 230 Å². The number of allylic oxidation sites excluding steroid dienone is 3. The summed E-state index contributed by atoms with van der Waals surface area (Å²) in [5, 5.41) is 0.713. The Balaban J connectivity index is 2.16. The van der Waals surface area contributed by atoms with Gasteiger partial charge in [0.2, 0.25) is 5.75 Å². The van der Waals surface area contributed by atoms with Gasteiger partial charge in [-0.1, -0.05) is 69.1 Å². The van der Waals surface area contributed by atoms with E-state index in [0.717, 1.165) is 25.7 Å². The van der Waals surface area contributed by atoms with Gasteiger partial charge in [0.15, 0.2) is 5.75 Å². The van der Waals surface area contributed by atoms with Crippen molar-refractivity contribution in [1.82, 2.24) is 0 Å². The minimum Gasteiger partial charge on any atom is -0.489 e. The van der Waals surface area contributed by atoms with Crippen LogP contribution in [0.25, 0.3) is 11.0 Å². The Bertz CT molecular complexity index is 1100. The van der Waals surface area contributed by atoms with E-state index in [2.05, 4.69) is 33.8 Å². The number of unbranched alkanes of at least 4 members (excludes halogenated alkanes) is 7. The third-order valence-corrected chi connectivity index (χ3v) is 6.21. The largest absolute Gasteiger partial charge is 0.489 e. The van der Waals surface area contributed by atoms with Crippen LogP contribution >= 0.6 is 0 Å². The smallest absolute Gasteiger partial charge is 0.383 e. The summed E-state index contributed by atoms with van der Waals surface area (Å²) >= 11 is 0. The molecule has 0 N–H and O–H groups in total. The van der Waals surface area contributed by atoms with E-state index in [1.165, 1.54) is 49.7 Å². The third kappa shape index (κ3) is 11.8. The highest BCUT2D eigenvalue weighted by Crippen LogP contribution is 2.35. The molecule has 0 aliphatic carbocycles. The Morgan fingerprint density at radius 2 is 1.58 bits per heavy atom. The van der Waals surface area contributed by atoms with Gasteiger partial charge in [-0.3, -0.25) is 0 Å². The van der Waals surface area contributed by atoms with Crippen molar-refractivity contribution in [3.63, 3.8) is 0 Å². The summed E-state index contributed by atoms with van der Waals surface area (Å²) < 4.78 is 23.8. The first-order valence-electron chi connectivity index (χ1n) is 14.4. The van der Waals surface area contributed by atoms with Gasteiger partial charge in [-0.2, -0.15) is 0 Å². The highest BCUT2D eigenvalue weighted by molar-refractivity contribution is 5.86. The molecule has 0 spiro atoms. The van der Waals surface area contributed by atoms with Crippen LogP contribution in [-0.2, 0) is 0 Å². The second-order valence-electron chi connectivity index (χ2n) is 11.4. The second-order valence-corrected chi connectivity index (χ2v) is 11.4. The molecule has 0 amide bonds. The van der Waals surface area contributed by atoms with E-state index < -0.39 is 5.63 Å². The molecule has 0 unspecified atom stereocenters. The molecule has 5 nitrogen and oxygen atoms in total. The van der Waals surface area contributed by atoms with E-state index in [4.69, 9.17) is 18.6 Å². The SMILES string of the molecule is CCCCCCCCCCOc1c(OCC=C(C)CCC=C(C)C)c(=O)oc2cc(OC(C)(C)C)ccc12. The molecule has 0 atom stereocenters. The quantitative estimate of drug-likeness (QED) is 0.117. The average Bonchev–Trinajstić information content (AvgIpc) is 2.82. The van der Waals surface area contributed by atoms with Crippen molar-refractivity contribution >= 4 is 11.0 Å². The number of hydrogen-bond donors (Lipinski definition) is 0. The predicted molar refractivity (Wildman–Crippen MR) is 159 cm³/mol. The van der Waals surface area contributed by atoms with Crippen LogP contribution in [0.3, 0.4) is 0 Å². The summed E-state index contributed by atoms with van der Waals surface area (Å²) in [6, 6.07) is 5.52. The summed E-state index contributed by atoms with van der Waals surface area (Å²) in [7, 11) is 0. The zero-order valence-electron chi connectivity index (χ0n) is 24.9. The van der Waals surface area contributed by atoms with Crippen molar-refractivity contribution < 1.29 is 18.6 Å². The van der Waals surface area contributed by atoms with Crippen LogP contribution in [0.1, 0.15) is 113 Å². The lowest BCUT2D eigenvalue weighted by Gasteiger charge is -2.21. The first-order valence-corrected chi connectivity index (χ1v) is 14.4. The van der Waals surface area contributed by atoms with Crippen molar-refractivity contribution in [2.75, 3.05) is 13.2 Å². The van der Waals surface area contributed by atoms with Gasteiger partial charge in [0, 0.05) is 6.07 Å². The van der Waals surface area contributed by atoms with E-state index >= 15 is 0 Å². The topological polar surface area (TPSA) is 57.9 Å². The molecule has 0 saturated heterocycles. The minimum absolute atomic E-state index is 0.134. The molecule has 0 saturated carbocycles. The monoisotopic (exact) mass is 526 g/mol. The predicted octanol–water partition coefficient (Wildman–Crippen LogP) is 9.56. The molecule has 0 aliphatic rings. The van der Waals surface area contributed by atoms with Crippen molar-refractivity contribution in [2.24, 2.45) is 0 Å². The number of benzene rings is 1. The van der Waals surface area contributed by atoms with Crippen LogP contribution in [-0.4, -0.2) is 18.8 Å². The Hall–Kier alpha value is -2.69. The number of fused-ring (bicyclic) bond motifs is 1. The van der Waals surface area contributed by atoms with E-state index in [1.54, 1.807) is 6.07 Å². The molecule has 0 radical (unpaired) electrons. The standard InChI is InChI=1S/C33H50O5/c1-8-9-10-11-12-13-14-15-22-35-30-28-20-19-27(38-33(5,6)7)24-29(28)37-32(34)31(30)36-23-21-26(4)18-16-17-25(2)3/h17,19-21,24H,8-16,18,22-23H2,1-7H3. The first kappa shape index (κ1) is 31.5. The molecule has 212 valence electrons. The number of ether oxygens (including phenoxy) is 3. The van der Waals surface area contributed by atoms with Gasteiger partial charge in [-0.15, -0.1) is 0 Å². The molecule has 0 aliphatic heterocycles. The van der Waals surface area contributed by atoms with E-state index in [9.17, 15) is 4.79 Å². The highest BCUT2D eigenvalue weighted by Gasteiger charge is 2.20. The highest BCUT2D eigenvalue weighted by atomic mass is 16.5. The van der Waals surface area contributed by atoms with E-state index in [1.807, 2.05) is 39.0 Å². The van der Waals surface area contributed by atoms with Crippen LogP contribution in [0, 0.1) is 0 Å². The Morgan fingerprint density at radius 3 is 2.24 bits per heavy atom. The molecule has 1 heterocycles. The number of rotatable bonds is 17. The maximum Gasteiger partial charge on any atom is 0.383 e. The molecule has 2 aromatic rings. The van der Waals surface area contributed by atoms with Gasteiger partial charge in [0.1, 0.15) is 23.5 Å². The molecule has 0 bridgehead atoms. The molecular weight excluding hydrogens is 476 g/mol. The van der Waals surface area contributed by atoms with Crippen LogP contribution < -0.4 is 19.8 Å². The summed E-state index contributed by atoms with van der Waals surface area (Å²) in [5.74, 6) is 1.23. The van der Waals surface area contributed by atoms with Gasteiger partial charge in [-0.25, -0.2) is 4.79 Å². The lowest BCUT2D eigenvalue weighted by atomic mass is 10.1. The third-order valence-electron chi connectivity index (χ3n) is 6.21. The fourth-order valence-electron chi connectivity index (χ4n) is 4.19. The molecule has 2 rings (SSSR count). The average molecular weight is 527 g/mol. The van der Waals surface area contributed by atoms with Gasteiger partial charge in [-0.05, 0) is 79.0 Å². The molecule has 1 aromatic carbocycles. The maximum absolute atomic E-state index is 13.0. The van der Waals surface area contributed by atoms with Crippen LogP contribution in [0.4, 0.5) is 0 Å². The minimum atomic E-state index is -0.535. The van der Waals surface area contributed by atoms with Gasteiger partial charge in [0.05, 0.1) is 12.0 Å². The van der Waals surface area contributed by atoms with E-state index in [-0.39, 0.29) is 18.0 Å². The summed E-state index contributed by atoms with van der Waals surface area (Å²) in [5.41, 5.74) is 2.08. The first-order chi connectivity index (χ1) is 18.1. The molecule has 38 heavy (non-hydrogen) atoms. The zero-order valence-corrected chi connectivity index (χ0v) is 24.9. The normalized spacial score (nSPS) is 12.0. The Kier molecular flexibility index (Phi) is 13.5. The number of hydrogen-bond acceptors (Lipinski definition) is 5. The maximum atomic E-state index is 13.0. The van der Waals surface area contributed by atoms with Gasteiger partial charge < -0.3 is 18.6 Å². The van der Waals surface area contributed by atoms with Crippen molar-refractivity contribution in [1.29, 1.82) is 0 Å². The van der Waals surface area contributed by atoms with Crippen LogP contribution in [0.5, 0.6) is 17.2 Å². The molecule has 5 heteroatoms. The van der Waals surface area contributed by atoms with E-state index in [0.29, 0.717) is 29.1 Å². The van der Waals surface area contributed by atoms with Crippen molar-refractivity contribution in [2.45, 2.75) is 118 Å². The second kappa shape index (κ2) is 16.3. The van der Waals surface area contributed by atoms with Gasteiger partial charge >= 0.3 is 5.63 Å². The van der Waals surface area contributed by atoms with Crippen molar-refractivity contribution in [3.8, 4) is 17.2 Å². The molecular formula is C33H50O5. The van der Waals surface area contributed by atoms with Crippen LogP contribution in [0.15, 0.2) is 50.7 Å². The fourth-order valence-corrected chi connectivity index (χ4v) is 4.19. The van der Waals surface area contributed by atoms with Crippen molar-refractivity contribution in [3.05, 3.63) is 51.9 Å². The molecule has 0 fully saturated rings.